The standard InChI is InChI=1S/C27H37N7O2.H2/c1-7-20(8-2)34-25-22(18(5)24(19(6)35)26(34)36)16-29-27(31-25)30-23-10-9-21(15-28-23)33-13-11-32(12-14-33)17(3)4;/h9-10,15-17,20H,7-8,11-14H2,1-6H3,(H,28,29,30,31);1H. The van der Waals surface area contributed by atoms with Crippen molar-refractivity contribution in [1.82, 2.24) is 24.4 Å². The van der Waals surface area contributed by atoms with Gasteiger partial charge in [0.05, 0.1) is 17.4 Å². The van der Waals surface area contributed by atoms with Gasteiger partial charge in [-0.25, -0.2) is 9.97 Å². The van der Waals surface area contributed by atoms with Gasteiger partial charge in [-0.1, -0.05) is 13.8 Å². The van der Waals surface area contributed by atoms with Crippen LogP contribution in [0, 0.1) is 6.92 Å². The van der Waals surface area contributed by atoms with Crippen molar-refractivity contribution in [3.05, 3.63) is 46.0 Å². The van der Waals surface area contributed by atoms with Gasteiger partial charge in [0.1, 0.15) is 11.5 Å². The van der Waals surface area contributed by atoms with Crippen LogP contribution in [0.2, 0.25) is 0 Å². The second-order valence-corrected chi connectivity index (χ2v) is 9.78. The summed E-state index contributed by atoms with van der Waals surface area (Å²) in [4.78, 5) is 44.3. The van der Waals surface area contributed by atoms with E-state index in [9.17, 15) is 9.59 Å². The number of nitrogens with zero attached hydrogens (tertiary/aromatic N) is 6. The van der Waals surface area contributed by atoms with E-state index in [-0.39, 0.29) is 24.4 Å². The van der Waals surface area contributed by atoms with Crippen molar-refractivity contribution < 1.29 is 6.22 Å². The number of hydrogen-bond donors (Lipinski definition) is 1. The van der Waals surface area contributed by atoms with Crippen molar-refractivity contribution in [1.29, 1.82) is 0 Å². The molecule has 4 heterocycles. The average Bonchev–Trinajstić information content (AvgIpc) is 2.87. The number of fused-ring (bicyclic) bond motifs is 1. The van der Waals surface area contributed by atoms with Crippen LogP contribution in [0.25, 0.3) is 11.0 Å². The van der Waals surface area contributed by atoms with E-state index in [1.54, 1.807) is 17.7 Å². The van der Waals surface area contributed by atoms with E-state index in [1.165, 1.54) is 6.92 Å². The number of Topliss-reactive ketones (excluding diaryl/α,β-unsaturated/α-hetero) is 1. The lowest BCUT2D eigenvalue weighted by Gasteiger charge is -2.38. The van der Waals surface area contributed by atoms with E-state index in [0.717, 1.165) is 44.7 Å². The fourth-order valence-electron chi connectivity index (χ4n) is 5.06. The van der Waals surface area contributed by atoms with Gasteiger partial charge >= 0.3 is 0 Å². The number of hydrogen-bond acceptors (Lipinski definition) is 8. The van der Waals surface area contributed by atoms with E-state index >= 15 is 0 Å². The van der Waals surface area contributed by atoms with Crippen molar-refractivity contribution in [3.63, 3.8) is 0 Å². The fourth-order valence-corrected chi connectivity index (χ4v) is 5.06. The smallest absolute Gasteiger partial charge is 0.263 e. The van der Waals surface area contributed by atoms with E-state index in [1.807, 2.05) is 26.1 Å². The summed E-state index contributed by atoms with van der Waals surface area (Å²) in [7, 11) is 0. The molecule has 0 atom stereocenters. The molecule has 3 aromatic rings. The highest BCUT2D eigenvalue weighted by Crippen LogP contribution is 2.25. The minimum absolute atomic E-state index is 0. The largest absolute Gasteiger partial charge is 0.368 e. The zero-order valence-corrected chi connectivity index (χ0v) is 22.2. The zero-order chi connectivity index (χ0) is 26.0. The first-order valence-electron chi connectivity index (χ1n) is 12.9. The first kappa shape index (κ1) is 25.8. The zero-order valence-electron chi connectivity index (χ0n) is 22.2. The number of nitrogens with one attached hydrogen (secondary N) is 1. The third kappa shape index (κ3) is 4.97. The number of rotatable bonds is 8. The minimum atomic E-state index is -0.286. The Morgan fingerprint density at radius 3 is 2.33 bits per heavy atom. The van der Waals surface area contributed by atoms with Gasteiger partial charge in [0.15, 0.2) is 5.78 Å². The maximum atomic E-state index is 13.4. The number of carbonyl (C=O) groups is 1. The second kappa shape index (κ2) is 10.7. The quantitative estimate of drug-likeness (QED) is 0.456. The molecule has 9 heteroatoms. The lowest BCUT2D eigenvalue weighted by atomic mass is 10.0. The number of pyridine rings is 2. The SMILES string of the molecule is CCC(CC)n1c(=O)c(C(C)=O)c(C)c2cnc(Nc3ccc(N4CCN(C(C)C)CC4)cn3)nc21.[HH]. The summed E-state index contributed by atoms with van der Waals surface area (Å²) < 4.78 is 1.67. The van der Waals surface area contributed by atoms with Crippen molar-refractivity contribution in [2.45, 2.75) is 66.5 Å². The Morgan fingerprint density at radius 2 is 1.78 bits per heavy atom. The summed E-state index contributed by atoms with van der Waals surface area (Å²) >= 11 is 0. The van der Waals surface area contributed by atoms with Crippen LogP contribution < -0.4 is 15.8 Å². The second-order valence-electron chi connectivity index (χ2n) is 9.78. The number of anilines is 3. The van der Waals surface area contributed by atoms with Crippen LogP contribution in [0.3, 0.4) is 0 Å². The first-order valence-corrected chi connectivity index (χ1v) is 12.9. The van der Waals surface area contributed by atoms with Gasteiger partial charge in [-0.15, -0.1) is 0 Å². The summed E-state index contributed by atoms with van der Waals surface area (Å²) in [5, 5.41) is 3.89. The summed E-state index contributed by atoms with van der Waals surface area (Å²) in [5.74, 6) is 0.756. The first-order chi connectivity index (χ1) is 17.2. The Hall–Kier alpha value is -3.33. The van der Waals surface area contributed by atoms with Crippen LogP contribution >= 0.6 is 0 Å². The van der Waals surface area contributed by atoms with Crippen molar-refractivity contribution in [2.24, 2.45) is 0 Å². The molecular weight excluding hydrogens is 454 g/mol. The molecule has 194 valence electrons. The van der Waals surface area contributed by atoms with Crippen molar-refractivity contribution >= 4 is 34.3 Å². The molecule has 0 spiro atoms. The highest BCUT2D eigenvalue weighted by molar-refractivity contribution is 5.99. The summed E-state index contributed by atoms with van der Waals surface area (Å²) in [6, 6.07) is 4.49. The Balaban J connectivity index is 0.00000380. The Bertz CT molecular complexity index is 1290. The molecule has 3 aromatic heterocycles. The molecule has 1 saturated heterocycles. The molecule has 1 aliphatic heterocycles. The van der Waals surface area contributed by atoms with Gasteiger partial charge in [0, 0.05) is 51.3 Å². The number of carbonyl (C=O) groups excluding carboxylic acids is 1. The Morgan fingerprint density at radius 1 is 1.08 bits per heavy atom. The molecule has 0 radical (unpaired) electrons. The van der Waals surface area contributed by atoms with E-state index in [0.29, 0.717) is 34.4 Å². The summed E-state index contributed by atoms with van der Waals surface area (Å²) in [6.07, 6.45) is 5.07. The molecule has 1 N–H and O–H groups in total. The Labute approximate surface area is 214 Å². The third-order valence-electron chi connectivity index (χ3n) is 7.27. The summed E-state index contributed by atoms with van der Waals surface area (Å²) in [5.41, 5.74) is 2.18. The highest BCUT2D eigenvalue weighted by atomic mass is 16.1. The van der Waals surface area contributed by atoms with E-state index in [2.05, 4.69) is 45.0 Å². The lowest BCUT2D eigenvalue weighted by Crippen LogP contribution is -2.48. The minimum Gasteiger partial charge on any atom is -0.368 e. The third-order valence-corrected chi connectivity index (χ3v) is 7.27. The van der Waals surface area contributed by atoms with Crippen LogP contribution in [0.15, 0.2) is 29.3 Å². The average molecular weight is 494 g/mol. The molecule has 0 bridgehead atoms. The molecule has 1 fully saturated rings. The predicted molar refractivity (Wildman–Crippen MR) is 147 cm³/mol. The topological polar surface area (TPSA) is 96.2 Å². The molecule has 0 amide bonds. The lowest BCUT2D eigenvalue weighted by molar-refractivity contribution is 0.101. The summed E-state index contributed by atoms with van der Waals surface area (Å²) in [6.45, 7) is 15.8. The van der Waals surface area contributed by atoms with Gasteiger partial charge in [-0.3, -0.25) is 19.1 Å². The maximum absolute atomic E-state index is 13.4. The fraction of sp³-hybridized carbons (Fsp3) is 0.519. The normalized spacial score (nSPS) is 14.7. The maximum Gasteiger partial charge on any atom is 0.263 e. The van der Waals surface area contributed by atoms with Crippen LogP contribution in [0.5, 0.6) is 0 Å². The van der Waals surface area contributed by atoms with Gasteiger partial charge in [-0.05, 0) is 58.2 Å². The monoisotopic (exact) mass is 493 g/mol. The molecular formula is C27H39N7O2. The molecule has 0 aromatic carbocycles. The van der Waals surface area contributed by atoms with Crippen molar-refractivity contribution in [3.8, 4) is 0 Å². The Kier molecular flexibility index (Phi) is 7.68. The van der Waals surface area contributed by atoms with Crippen LogP contribution in [0.1, 0.15) is 70.9 Å². The molecule has 4 rings (SSSR count). The number of aryl methyl sites for hydroxylation is 1. The number of aromatic nitrogens is 4. The van der Waals surface area contributed by atoms with Gasteiger partial charge in [0.25, 0.3) is 5.56 Å². The van der Waals surface area contributed by atoms with Crippen LogP contribution in [-0.4, -0.2) is 62.4 Å². The molecule has 9 nitrogen and oxygen atoms in total. The van der Waals surface area contributed by atoms with Gasteiger partial charge < -0.3 is 10.2 Å². The molecule has 0 saturated carbocycles. The number of ketones is 1. The van der Waals surface area contributed by atoms with E-state index < -0.39 is 0 Å². The molecule has 0 aliphatic carbocycles. The molecule has 1 aliphatic rings. The van der Waals surface area contributed by atoms with E-state index in [4.69, 9.17) is 4.98 Å². The van der Waals surface area contributed by atoms with Crippen molar-refractivity contribution in [2.75, 3.05) is 36.4 Å². The highest BCUT2D eigenvalue weighted by Gasteiger charge is 2.23. The van der Waals surface area contributed by atoms with Gasteiger partial charge in [-0.2, -0.15) is 4.98 Å². The predicted octanol–water partition coefficient (Wildman–Crippen LogP) is 4.58. The molecule has 0 unspecified atom stereocenters. The van der Waals surface area contributed by atoms with Gasteiger partial charge in [0.2, 0.25) is 5.95 Å². The molecule has 36 heavy (non-hydrogen) atoms. The van der Waals surface area contributed by atoms with Crippen LogP contribution in [0.4, 0.5) is 17.5 Å². The van der Waals surface area contributed by atoms with Crippen LogP contribution in [-0.2, 0) is 0 Å². The number of piperazine rings is 1.